The topological polar surface area (TPSA) is 84.2 Å². The first kappa shape index (κ1) is 19.1. The van der Waals surface area contributed by atoms with E-state index in [1.54, 1.807) is 26.5 Å². The summed E-state index contributed by atoms with van der Waals surface area (Å²) in [5.41, 5.74) is 2.29. The zero-order valence-corrected chi connectivity index (χ0v) is 17.7. The molecule has 0 unspecified atom stereocenters. The molecule has 0 bridgehead atoms. The van der Waals surface area contributed by atoms with Gasteiger partial charge in [-0.15, -0.1) is 0 Å². The highest BCUT2D eigenvalue weighted by Crippen LogP contribution is 2.37. The molecule has 0 spiro atoms. The zero-order chi connectivity index (χ0) is 20.4. The van der Waals surface area contributed by atoms with Gasteiger partial charge in [0, 0.05) is 6.07 Å². The fraction of sp³-hybridized carbons (Fsp3) is 0.200. The van der Waals surface area contributed by atoms with Crippen LogP contribution in [0.4, 0.5) is 0 Å². The molecule has 0 atom stereocenters. The summed E-state index contributed by atoms with van der Waals surface area (Å²) < 4.78 is 19.2. The molecule has 8 nitrogen and oxygen atoms in total. The molecule has 1 aromatic carbocycles. The molecule has 29 heavy (non-hydrogen) atoms. The van der Waals surface area contributed by atoms with Gasteiger partial charge in [-0.25, -0.2) is 19.9 Å². The number of hydrogen-bond acceptors (Lipinski definition) is 7. The Bertz CT molecular complexity index is 1160. The number of fused-ring (bicyclic) bond motifs is 1. The molecule has 0 aliphatic heterocycles. The molecule has 4 aromatic rings. The van der Waals surface area contributed by atoms with Crippen LogP contribution >= 0.6 is 15.9 Å². The normalized spacial score (nSPS) is 10.9. The van der Waals surface area contributed by atoms with Crippen LogP contribution in [0.2, 0.25) is 0 Å². The second-order valence-corrected chi connectivity index (χ2v) is 6.73. The average molecular weight is 456 g/mol. The number of halogens is 1. The van der Waals surface area contributed by atoms with Crippen LogP contribution in [0.5, 0.6) is 17.4 Å². The van der Waals surface area contributed by atoms with Gasteiger partial charge in [0.15, 0.2) is 17.1 Å². The molecular formula is C20H18BrN5O3. The van der Waals surface area contributed by atoms with Crippen LogP contribution in [0.25, 0.3) is 28.5 Å². The number of aromatic nitrogens is 5. The van der Waals surface area contributed by atoms with Crippen LogP contribution in [0.1, 0.15) is 6.92 Å². The van der Waals surface area contributed by atoms with Gasteiger partial charge in [0.05, 0.1) is 27.0 Å². The lowest BCUT2D eigenvalue weighted by Gasteiger charge is -2.16. The van der Waals surface area contributed by atoms with Crippen molar-refractivity contribution in [1.82, 2.24) is 24.5 Å². The predicted octanol–water partition coefficient (Wildman–Crippen LogP) is 4.06. The predicted molar refractivity (Wildman–Crippen MR) is 112 cm³/mol. The highest BCUT2D eigenvalue weighted by atomic mass is 79.9. The van der Waals surface area contributed by atoms with Crippen molar-refractivity contribution in [3.63, 3.8) is 0 Å². The van der Waals surface area contributed by atoms with Crippen molar-refractivity contribution in [2.75, 3.05) is 20.8 Å². The third-order valence-corrected chi connectivity index (χ3v) is 4.59. The molecule has 148 valence electrons. The van der Waals surface area contributed by atoms with Gasteiger partial charge in [-0.2, -0.15) is 0 Å². The fourth-order valence-electron chi connectivity index (χ4n) is 3.04. The summed E-state index contributed by atoms with van der Waals surface area (Å²) in [6, 6.07) is 11.1. The number of rotatable bonds is 6. The Morgan fingerprint density at radius 3 is 2.38 bits per heavy atom. The Kier molecular flexibility index (Phi) is 5.30. The van der Waals surface area contributed by atoms with Gasteiger partial charge in [-0.05, 0) is 41.1 Å². The summed E-state index contributed by atoms with van der Waals surface area (Å²) in [6.45, 7) is 2.43. The van der Waals surface area contributed by atoms with E-state index in [4.69, 9.17) is 19.2 Å². The fourth-order valence-corrected chi connectivity index (χ4v) is 3.31. The van der Waals surface area contributed by atoms with Crippen LogP contribution in [-0.2, 0) is 0 Å². The van der Waals surface area contributed by atoms with E-state index < -0.39 is 0 Å². The Labute approximate surface area is 175 Å². The number of pyridine rings is 1. The van der Waals surface area contributed by atoms with Crippen molar-refractivity contribution in [3.05, 3.63) is 47.2 Å². The maximum Gasteiger partial charge on any atom is 0.213 e. The maximum absolute atomic E-state index is 5.61. The number of methoxy groups -OCH3 is 2. The number of para-hydroxylation sites is 1. The Morgan fingerprint density at radius 2 is 1.69 bits per heavy atom. The van der Waals surface area contributed by atoms with E-state index in [0.29, 0.717) is 57.1 Å². The molecule has 9 heteroatoms. The van der Waals surface area contributed by atoms with Crippen LogP contribution in [0.3, 0.4) is 0 Å². The van der Waals surface area contributed by atoms with E-state index in [1.807, 2.05) is 41.8 Å². The average Bonchev–Trinajstić information content (AvgIpc) is 3.11. The second-order valence-electron chi connectivity index (χ2n) is 5.92. The van der Waals surface area contributed by atoms with Crippen LogP contribution in [0.15, 0.2) is 47.2 Å². The van der Waals surface area contributed by atoms with Gasteiger partial charge in [0.25, 0.3) is 0 Å². The van der Waals surface area contributed by atoms with Crippen molar-refractivity contribution >= 4 is 27.2 Å². The molecule has 0 N–H and O–H groups in total. The number of nitrogens with zero attached hydrogens (tertiary/aromatic N) is 5. The van der Waals surface area contributed by atoms with Crippen LogP contribution < -0.4 is 14.2 Å². The van der Waals surface area contributed by atoms with E-state index in [1.165, 1.54) is 0 Å². The van der Waals surface area contributed by atoms with Crippen molar-refractivity contribution in [3.8, 4) is 34.6 Å². The van der Waals surface area contributed by atoms with Crippen LogP contribution in [0, 0.1) is 0 Å². The van der Waals surface area contributed by atoms with Crippen molar-refractivity contribution in [1.29, 1.82) is 0 Å². The van der Waals surface area contributed by atoms with Gasteiger partial charge in [-0.3, -0.25) is 4.57 Å². The smallest absolute Gasteiger partial charge is 0.213 e. The number of imidazole rings is 1. The van der Waals surface area contributed by atoms with E-state index in [-0.39, 0.29) is 0 Å². The lowest BCUT2D eigenvalue weighted by atomic mass is 10.2. The van der Waals surface area contributed by atoms with Gasteiger partial charge < -0.3 is 14.2 Å². The van der Waals surface area contributed by atoms with E-state index >= 15 is 0 Å². The van der Waals surface area contributed by atoms with Gasteiger partial charge in [0.2, 0.25) is 5.88 Å². The van der Waals surface area contributed by atoms with Crippen LogP contribution in [-0.4, -0.2) is 45.3 Å². The standard InChI is InChI=1S/C20H18BrN5O3/c1-4-29-16-10-5-7-12(23-16)19-25-18-20(22-11-15(21)24-18)26(19)17-13(27-2)8-6-9-14(17)28-3/h5-11H,4H2,1-3H3. The molecule has 0 radical (unpaired) electrons. The van der Waals surface area contributed by atoms with E-state index in [2.05, 4.69) is 30.9 Å². The minimum Gasteiger partial charge on any atom is -0.494 e. The molecule has 0 aliphatic rings. The van der Waals surface area contributed by atoms with E-state index in [9.17, 15) is 0 Å². The van der Waals surface area contributed by atoms with Crippen molar-refractivity contribution < 1.29 is 14.2 Å². The zero-order valence-electron chi connectivity index (χ0n) is 16.1. The van der Waals surface area contributed by atoms with Gasteiger partial charge in [0.1, 0.15) is 27.5 Å². The Balaban J connectivity index is 2.06. The van der Waals surface area contributed by atoms with Gasteiger partial charge >= 0.3 is 0 Å². The summed E-state index contributed by atoms with van der Waals surface area (Å²) >= 11 is 3.36. The molecule has 4 rings (SSSR count). The number of hydrogen-bond donors (Lipinski definition) is 0. The molecule has 0 amide bonds. The molecule has 3 heterocycles. The van der Waals surface area contributed by atoms with Crippen molar-refractivity contribution in [2.24, 2.45) is 0 Å². The third kappa shape index (κ3) is 3.49. The molecule has 0 fully saturated rings. The summed E-state index contributed by atoms with van der Waals surface area (Å²) in [5.74, 6) is 2.27. The first-order chi connectivity index (χ1) is 14.2. The minimum atomic E-state index is 0.464. The molecule has 0 aliphatic carbocycles. The quantitative estimate of drug-likeness (QED) is 0.433. The molecule has 0 saturated heterocycles. The van der Waals surface area contributed by atoms with E-state index in [0.717, 1.165) is 0 Å². The Morgan fingerprint density at radius 1 is 0.966 bits per heavy atom. The molecular weight excluding hydrogens is 438 g/mol. The maximum atomic E-state index is 5.61. The summed E-state index contributed by atoms with van der Waals surface area (Å²) in [6.07, 6.45) is 1.62. The first-order valence-electron chi connectivity index (χ1n) is 8.88. The third-order valence-electron chi connectivity index (χ3n) is 4.21. The first-order valence-corrected chi connectivity index (χ1v) is 9.68. The largest absolute Gasteiger partial charge is 0.494 e. The summed E-state index contributed by atoms with van der Waals surface area (Å²) in [7, 11) is 3.21. The molecule has 3 aromatic heterocycles. The number of ether oxygens (including phenoxy) is 3. The number of benzene rings is 1. The Hall–Kier alpha value is -3.20. The highest BCUT2D eigenvalue weighted by Gasteiger charge is 2.23. The minimum absolute atomic E-state index is 0.464. The molecule has 0 saturated carbocycles. The summed E-state index contributed by atoms with van der Waals surface area (Å²) in [4.78, 5) is 18.3. The summed E-state index contributed by atoms with van der Waals surface area (Å²) in [5, 5.41) is 0. The van der Waals surface area contributed by atoms with Gasteiger partial charge in [-0.1, -0.05) is 12.1 Å². The second kappa shape index (κ2) is 8.04. The monoisotopic (exact) mass is 455 g/mol. The lowest BCUT2D eigenvalue weighted by Crippen LogP contribution is -2.05. The van der Waals surface area contributed by atoms with Crippen molar-refractivity contribution in [2.45, 2.75) is 6.92 Å². The lowest BCUT2D eigenvalue weighted by molar-refractivity contribution is 0.327. The highest BCUT2D eigenvalue weighted by molar-refractivity contribution is 9.10. The SMILES string of the molecule is CCOc1cccc(-c2nc3nc(Br)cnc3n2-c2c(OC)cccc2OC)n1.